The third kappa shape index (κ3) is 3.87. The number of hydrogen-bond donors (Lipinski definition) is 2. The van der Waals surface area contributed by atoms with Crippen LogP contribution >= 0.6 is 15.9 Å². The van der Waals surface area contributed by atoms with Crippen molar-refractivity contribution in [2.45, 2.75) is 19.9 Å². The van der Waals surface area contributed by atoms with Crippen molar-refractivity contribution < 1.29 is 4.74 Å². The van der Waals surface area contributed by atoms with E-state index in [1.165, 1.54) is 5.56 Å². The molecule has 2 aromatic rings. The number of hydrogen-bond acceptors (Lipinski definition) is 4. The number of nitrogens with two attached hydrogens (primary N) is 1. The molecule has 0 saturated carbocycles. The number of nitrogens with one attached hydrogen (secondary N) is 1. The summed E-state index contributed by atoms with van der Waals surface area (Å²) in [5.74, 6) is 1.24. The van der Waals surface area contributed by atoms with Gasteiger partial charge in [0.2, 0.25) is 5.88 Å². The summed E-state index contributed by atoms with van der Waals surface area (Å²) in [6.07, 6.45) is 0.926. The standard InChI is InChI=1S/C15H18BrN3O/c1-2-9-20-15-13(17)7-8-14(19-15)18-10-11-5-3-4-6-12(11)16/h3-8H,2,9-10,17H2,1H3,(H,18,19). The molecule has 5 heteroatoms. The first-order chi connectivity index (χ1) is 9.70. The van der Waals surface area contributed by atoms with Gasteiger partial charge in [-0.2, -0.15) is 4.98 Å². The number of halogens is 1. The molecule has 4 nitrogen and oxygen atoms in total. The summed E-state index contributed by atoms with van der Waals surface area (Å²) in [5.41, 5.74) is 7.57. The number of nitrogen functional groups attached to an aromatic ring is 1. The zero-order chi connectivity index (χ0) is 14.4. The number of benzene rings is 1. The minimum atomic E-state index is 0.490. The molecule has 0 spiro atoms. The van der Waals surface area contributed by atoms with E-state index in [-0.39, 0.29) is 0 Å². The first kappa shape index (κ1) is 14.7. The van der Waals surface area contributed by atoms with Crippen LogP contribution in [0.4, 0.5) is 11.5 Å². The molecule has 0 fully saturated rings. The molecule has 0 aliphatic rings. The Hall–Kier alpha value is -1.75. The molecular formula is C15H18BrN3O. The molecule has 0 amide bonds. The lowest BCUT2D eigenvalue weighted by molar-refractivity contribution is 0.307. The number of anilines is 2. The van der Waals surface area contributed by atoms with Gasteiger partial charge in [-0.3, -0.25) is 0 Å². The molecule has 0 atom stereocenters. The molecule has 1 aromatic carbocycles. The summed E-state index contributed by atoms with van der Waals surface area (Å²) >= 11 is 3.53. The predicted molar refractivity (Wildman–Crippen MR) is 85.9 cm³/mol. The summed E-state index contributed by atoms with van der Waals surface area (Å²) in [4.78, 5) is 4.38. The Labute approximate surface area is 127 Å². The fraction of sp³-hybridized carbons (Fsp3) is 0.267. The Balaban J connectivity index is 2.04. The number of rotatable bonds is 6. The fourth-order valence-corrected chi connectivity index (χ4v) is 2.12. The maximum Gasteiger partial charge on any atom is 0.239 e. The van der Waals surface area contributed by atoms with Gasteiger partial charge in [0, 0.05) is 11.0 Å². The second-order valence-electron chi connectivity index (χ2n) is 4.38. The first-order valence-electron chi connectivity index (χ1n) is 6.57. The van der Waals surface area contributed by atoms with E-state index in [0.717, 1.165) is 16.7 Å². The van der Waals surface area contributed by atoms with Crippen molar-refractivity contribution >= 4 is 27.4 Å². The quantitative estimate of drug-likeness (QED) is 0.842. The van der Waals surface area contributed by atoms with Crippen molar-refractivity contribution in [1.29, 1.82) is 0 Å². The van der Waals surface area contributed by atoms with Gasteiger partial charge in [-0.1, -0.05) is 41.1 Å². The Bertz CT molecular complexity index is 575. The van der Waals surface area contributed by atoms with E-state index in [2.05, 4.69) is 32.3 Å². The van der Waals surface area contributed by atoms with Crippen LogP contribution in [0, 0.1) is 0 Å². The highest BCUT2D eigenvalue weighted by molar-refractivity contribution is 9.10. The van der Waals surface area contributed by atoms with Crippen molar-refractivity contribution in [3.63, 3.8) is 0 Å². The molecular weight excluding hydrogens is 318 g/mol. The number of nitrogens with zero attached hydrogens (tertiary/aromatic N) is 1. The van der Waals surface area contributed by atoms with Crippen LogP contribution in [-0.2, 0) is 6.54 Å². The van der Waals surface area contributed by atoms with Crippen molar-refractivity contribution in [1.82, 2.24) is 4.98 Å². The smallest absolute Gasteiger partial charge is 0.239 e. The van der Waals surface area contributed by atoms with Gasteiger partial charge in [0.25, 0.3) is 0 Å². The molecule has 2 rings (SSSR count). The number of ether oxygens (including phenoxy) is 1. The van der Waals surface area contributed by atoms with E-state index in [0.29, 0.717) is 24.7 Å². The summed E-state index contributed by atoms with van der Waals surface area (Å²) in [6.45, 7) is 3.35. The van der Waals surface area contributed by atoms with E-state index in [1.54, 1.807) is 6.07 Å². The monoisotopic (exact) mass is 335 g/mol. The van der Waals surface area contributed by atoms with Gasteiger partial charge in [-0.25, -0.2) is 0 Å². The molecule has 106 valence electrons. The first-order valence-corrected chi connectivity index (χ1v) is 7.36. The third-order valence-corrected chi connectivity index (χ3v) is 3.52. The average Bonchev–Trinajstić information content (AvgIpc) is 2.46. The largest absolute Gasteiger partial charge is 0.476 e. The van der Waals surface area contributed by atoms with E-state index in [1.807, 2.05) is 31.2 Å². The molecule has 0 unspecified atom stereocenters. The van der Waals surface area contributed by atoms with Crippen LogP contribution in [0.3, 0.4) is 0 Å². The van der Waals surface area contributed by atoms with E-state index in [4.69, 9.17) is 10.5 Å². The Morgan fingerprint density at radius 1 is 1.25 bits per heavy atom. The van der Waals surface area contributed by atoms with Crippen LogP contribution in [0.1, 0.15) is 18.9 Å². The summed E-state index contributed by atoms with van der Waals surface area (Å²) in [5, 5.41) is 3.27. The Morgan fingerprint density at radius 3 is 2.80 bits per heavy atom. The van der Waals surface area contributed by atoms with Gasteiger partial charge in [0.1, 0.15) is 5.82 Å². The van der Waals surface area contributed by atoms with E-state index in [9.17, 15) is 0 Å². The zero-order valence-corrected chi connectivity index (χ0v) is 13.0. The average molecular weight is 336 g/mol. The highest BCUT2D eigenvalue weighted by Crippen LogP contribution is 2.22. The van der Waals surface area contributed by atoms with Gasteiger partial charge in [-0.15, -0.1) is 0 Å². The third-order valence-electron chi connectivity index (χ3n) is 2.75. The van der Waals surface area contributed by atoms with Crippen molar-refractivity contribution in [3.05, 3.63) is 46.4 Å². The lowest BCUT2D eigenvalue weighted by Gasteiger charge is -2.11. The Kier molecular flexibility index (Phi) is 5.24. The van der Waals surface area contributed by atoms with Crippen molar-refractivity contribution in [2.24, 2.45) is 0 Å². The summed E-state index contributed by atoms with van der Waals surface area (Å²) < 4.78 is 6.59. The van der Waals surface area contributed by atoms with Crippen LogP contribution in [-0.4, -0.2) is 11.6 Å². The zero-order valence-electron chi connectivity index (χ0n) is 11.4. The molecule has 0 aliphatic heterocycles. The second kappa shape index (κ2) is 7.14. The minimum absolute atomic E-state index is 0.490. The number of pyridine rings is 1. The van der Waals surface area contributed by atoms with E-state index >= 15 is 0 Å². The molecule has 0 bridgehead atoms. The molecule has 1 aromatic heterocycles. The van der Waals surface area contributed by atoms with Crippen LogP contribution in [0.5, 0.6) is 5.88 Å². The normalized spacial score (nSPS) is 10.3. The van der Waals surface area contributed by atoms with Gasteiger partial charge in [0.15, 0.2) is 0 Å². The minimum Gasteiger partial charge on any atom is -0.476 e. The van der Waals surface area contributed by atoms with Gasteiger partial charge >= 0.3 is 0 Å². The van der Waals surface area contributed by atoms with Crippen LogP contribution in [0.25, 0.3) is 0 Å². The molecule has 0 aliphatic carbocycles. The highest BCUT2D eigenvalue weighted by Gasteiger charge is 2.05. The van der Waals surface area contributed by atoms with Crippen LogP contribution in [0.15, 0.2) is 40.9 Å². The lowest BCUT2D eigenvalue weighted by Crippen LogP contribution is -2.06. The molecule has 3 N–H and O–H groups in total. The summed E-state index contributed by atoms with van der Waals surface area (Å²) in [6, 6.07) is 11.7. The molecule has 1 heterocycles. The van der Waals surface area contributed by atoms with Gasteiger partial charge in [0.05, 0.1) is 12.3 Å². The lowest BCUT2D eigenvalue weighted by atomic mass is 10.2. The van der Waals surface area contributed by atoms with Crippen molar-refractivity contribution in [3.8, 4) is 5.88 Å². The van der Waals surface area contributed by atoms with Gasteiger partial charge < -0.3 is 15.8 Å². The number of aromatic nitrogens is 1. The SMILES string of the molecule is CCCOc1nc(NCc2ccccc2Br)ccc1N. The van der Waals surface area contributed by atoms with Gasteiger partial charge in [-0.05, 0) is 30.2 Å². The molecule has 0 radical (unpaired) electrons. The molecule has 20 heavy (non-hydrogen) atoms. The second-order valence-corrected chi connectivity index (χ2v) is 5.24. The summed E-state index contributed by atoms with van der Waals surface area (Å²) in [7, 11) is 0. The highest BCUT2D eigenvalue weighted by atomic mass is 79.9. The van der Waals surface area contributed by atoms with Crippen molar-refractivity contribution in [2.75, 3.05) is 17.7 Å². The predicted octanol–water partition coefficient (Wildman–Crippen LogP) is 3.83. The van der Waals surface area contributed by atoms with Crippen LogP contribution < -0.4 is 15.8 Å². The van der Waals surface area contributed by atoms with Crippen LogP contribution in [0.2, 0.25) is 0 Å². The maximum absolute atomic E-state index is 5.84. The topological polar surface area (TPSA) is 60.2 Å². The van der Waals surface area contributed by atoms with E-state index < -0.39 is 0 Å². The Morgan fingerprint density at radius 2 is 2.05 bits per heavy atom. The molecule has 0 saturated heterocycles. The fourth-order valence-electron chi connectivity index (χ4n) is 1.69. The maximum atomic E-state index is 5.84.